The number of aliphatic imine (C=N–C) groups is 1. The molecule has 1 aliphatic heterocycles. The molecule has 0 bridgehead atoms. The van der Waals surface area contributed by atoms with Crippen LogP contribution >= 0.6 is 0 Å². The van der Waals surface area contributed by atoms with Gasteiger partial charge in [0.25, 0.3) is 0 Å². The van der Waals surface area contributed by atoms with Crippen LogP contribution in [0.1, 0.15) is 36.5 Å². The molecule has 0 atom stereocenters. The molecule has 28 heavy (non-hydrogen) atoms. The minimum atomic E-state index is -0.179. The fourth-order valence-electron chi connectivity index (χ4n) is 3.35. The smallest absolute Gasteiger partial charge is 0.191 e. The van der Waals surface area contributed by atoms with Crippen molar-refractivity contribution in [3.05, 3.63) is 59.0 Å². The van der Waals surface area contributed by atoms with Gasteiger partial charge in [0.15, 0.2) is 5.96 Å². The van der Waals surface area contributed by atoms with Crippen LogP contribution in [-0.4, -0.2) is 31.1 Å². The Morgan fingerprint density at radius 2 is 1.82 bits per heavy atom. The lowest BCUT2D eigenvalue weighted by atomic mass is 9.99. The van der Waals surface area contributed by atoms with Crippen LogP contribution in [0.25, 0.3) is 0 Å². The molecule has 0 amide bonds. The number of nitrogens with one attached hydrogen (secondary N) is 2. The zero-order valence-electron chi connectivity index (χ0n) is 17.0. The molecule has 2 aromatic rings. The number of aryl methyl sites for hydroxylation is 1. The fraction of sp³-hybridized carbons (Fsp3) is 0.455. The van der Waals surface area contributed by atoms with Crippen molar-refractivity contribution in [2.75, 3.05) is 25.0 Å². The number of hydrogen-bond acceptors (Lipinski definition) is 3. The topological polar surface area (TPSA) is 52.6 Å². The van der Waals surface area contributed by atoms with Crippen LogP contribution in [0.15, 0.2) is 41.5 Å². The van der Waals surface area contributed by atoms with Gasteiger partial charge in [-0.05, 0) is 54.5 Å². The van der Waals surface area contributed by atoms with Crippen molar-refractivity contribution in [3.63, 3.8) is 0 Å². The van der Waals surface area contributed by atoms with Gasteiger partial charge in [0.05, 0.1) is 0 Å². The molecular weight excluding hydrogens is 353 g/mol. The maximum absolute atomic E-state index is 13.4. The largest absolute Gasteiger partial charge is 0.357 e. The molecule has 1 fully saturated rings. The third kappa shape index (κ3) is 5.44. The molecule has 0 aliphatic carbocycles. The number of aromatic nitrogens is 1. The average Bonchev–Trinajstić information content (AvgIpc) is 2.72. The van der Waals surface area contributed by atoms with E-state index >= 15 is 0 Å². The predicted molar refractivity (Wildman–Crippen MR) is 113 cm³/mol. The Balaban J connectivity index is 1.48. The lowest BCUT2D eigenvalue weighted by Crippen LogP contribution is -2.36. The van der Waals surface area contributed by atoms with Gasteiger partial charge in [0, 0.05) is 39.4 Å². The monoisotopic (exact) mass is 383 g/mol. The first-order valence-electron chi connectivity index (χ1n) is 9.94. The molecule has 5 nitrogen and oxygen atoms in total. The van der Waals surface area contributed by atoms with Crippen LogP contribution < -0.4 is 15.5 Å². The summed E-state index contributed by atoms with van der Waals surface area (Å²) in [6.45, 7) is 7.50. The van der Waals surface area contributed by atoms with Crippen LogP contribution in [0.2, 0.25) is 0 Å². The van der Waals surface area contributed by atoms with Crippen molar-refractivity contribution in [1.82, 2.24) is 15.6 Å². The van der Waals surface area contributed by atoms with E-state index in [4.69, 9.17) is 0 Å². The summed E-state index contributed by atoms with van der Waals surface area (Å²) < 4.78 is 13.4. The summed E-state index contributed by atoms with van der Waals surface area (Å²) in [5.41, 5.74) is 2.77. The molecule has 0 spiro atoms. The van der Waals surface area contributed by atoms with Gasteiger partial charge in [-0.3, -0.25) is 4.99 Å². The van der Waals surface area contributed by atoms with E-state index in [-0.39, 0.29) is 5.82 Å². The van der Waals surface area contributed by atoms with Crippen LogP contribution in [-0.2, 0) is 13.1 Å². The summed E-state index contributed by atoms with van der Waals surface area (Å²) in [4.78, 5) is 11.2. The highest BCUT2D eigenvalue weighted by Crippen LogP contribution is 2.21. The fourth-order valence-corrected chi connectivity index (χ4v) is 3.35. The van der Waals surface area contributed by atoms with Crippen LogP contribution in [0.3, 0.4) is 0 Å². The summed E-state index contributed by atoms with van der Waals surface area (Å²) >= 11 is 0. The molecule has 3 rings (SSSR count). The minimum Gasteiger partial charge on any atom is -0.357 e. The SMILES string of the molecule is CN=C(NCc1ccc(N2CCC(C)CC2)nc1)NCc1ccc(F)c(C)c1. The summed E-state index contributed by atoms with van der Waals surface area (Å²) in [7, 11) is 1.74. The average molecular weight is 384 g/mol. The molecule has 1 aliphatic rings. The molecule has 6 heteroatoms. The highest BCUT2D eigenvalue weighted by Gasteiger charge is 2.16. The highest BCUT2D eigenvalue weighted by atomic mass is 19.1. The van der Waals surface area contributed by atoms with E-state index < -0.39 is 0 Å². The quantitative estimate of drug-likeness (QED) is 0.612. The molecular formula is C22H30FN5. The summed E-state index contributed by atoms with van der Waals surface area (Å²) in [5.74, 6) is 2.40. The van der Waals surface area contributed by atoms with E-state index in [0.29, 0.717) is 24.6 Å². The van der Waals surface area contributed by atoms with Crippen molar-refractivity contribution >= 4 is 11.8 Å². The Hall–Kier alpha value is -2.63. The van der Waals surface area contributed by atoms with E-state index in [1.807, 2.05) is 12.3 Å². The third-order valence-corrected chi connectivity index (χ3v) is 5.28. The minimum absolute atomic E-state index is 0.179. The van der Waals surface area contributed by atoms with Crippen molar-refractivity contribution in [3.8, 4) is 0 Å². The lowest BCUT2D eigenvalue weighted by Gasteiger charge is -2.31. The first-order valence-corrected chi connectivity index (χ1v) is 9.94. The van der Waals surface area contributed by atoms with Gasteiger partial charge >= 0.3 is 0 Å². The second-order valence-electron chi connectivity index (χ2n) is 7.56. The first kappa shape index (κ1) is 20.1. The summed E-state index contributed by atoms with van der Waals surface area (Å²) in [6, 6.07) is 9.35. The normalized spacial score (nSPS) is 15.6. The number of benzene rings is 1. The van der Waals surface area contributed by atoms with E-state index in [1.165, 1.54) is 18.9 Å². The Morgan fingerprint density at radius 3 is 2.43 bits per heavy atom. The van der Waals surface area contributed by atoms with E-state index in [0.717, 1.165) is 36.0 Å². The Kier molecular flexibility index (Phi) is 6.85. The first-order chi connectivity index (χ1) is 13.5. The van der Waals surface area contributed by atoms with E-state index in [9.17, 15) is 4.39 Å². The van der Waals surface area contributed by atoms with Crippen molar-refractivity contribution in [2.45, 2.75) is 39.8 Å². The van der Waals surface area contributed by atoms with Crippen LogP contribution in [0.5, 0.6) is 0 Å². The van der Waals surface area contributed by atoms with Gasteiger partial charge in [-0.25, -0.2) is 9.37 Å². The number of nitrogens with zero attached hydrogens (tertiary/aromatic N) is 3. The summed E-state index contributed by atoms with van der Waals surface area (Å²) in [5, 5.41) is 6.56. The van der Waals surface area contributed by atoms with Crippen LogP contribution in [0, 0.1) is 18.7 Å². The van der Waals surface area contributed by atoms with Crippen LogP contribution in [0.4, 0.5) is 10.2 Å². The molecule has 1 aromatic carbocycles. The van der Waals surface area contributed by atoms with Gasteiger partial charge in [0.2, 0.25) is 0 Å². The van der Waals surface area contributed by atoms with Gasteiger partial charge in [-0.2, -0.15) is 0 Å². The van der Waals surface area contributed by atoms with Crippen molar-refractivity contribution in [2.24, 2.45) is 10.9 Å². The van der Waals surface area contributed by atoms with Gasteiger partial charge in [0.1, 0.15) is 11.6 Å². The van der Waals surface area contributed by atoms with E-state index in [2.05, 4.69) is 44.6 Å². The maximum atomic E-state index is 13.4. The predicted octanol–water partition coefficient (Wildman–Crippen LogP) is 3.63. The molecule has 2 heterocycles. The molecule has 0 radical (unpaired) electrons. The molecule has 1 aromatic heterocycles. The number of anilines is 1. The molecule has 2 N–H and O–H groups in total. The second kappa shape index (κ2) is 9.53. The molecule has 0 unspecified atom stereocenters. The number of halogens is 1. The van der Waals surface area contributed by atoms with Gasteiger partial charge < -0.3 is 15.5 Å². The third-order valence-electron chi connectivity index (χ3n) is 5.28. The number of guanidine groups is 1. The molecule has 1 saturated heterocycles. The van der Waals surface area contributed by atoms with E-state index in [1.54, 1.807) is 20.0 Å². The summed E-state index contributed by atoms with van der Waals surface area (Å²) in [6.07, 6.45) is 4.40. The van der Waals surface area contributed by atoms with Crippen molar-refractivity contribution < 1.29 is 4.39 Å². The van der Waals surface area contributed by atoms with Gasteiger partial charge in [-0.1, -0.05) is 25.1 Å². The van der Waals surface area contributed by atoms with Crippen molar-refractivity contribution in [1.29, 1.82) is 0 Å². The Morgan fingerprint density at radius 1 is 1.14 bits per heavy atom. The van der Waals surface area contributed by atoms with Gasteiger partial charge in [-0.15, -0.1) is 0 Å². The number of hydrogen-bond donors (Lipinski definition) is 2. The Bertz CT molecular complexity index is 795. The zero-order chi connectivity index (χ0) is 19.9. The number of pyridine rings is 1. The number of rotatable bonds is 5. The maximum Gasteiger partial charge on any atom is 0.191 e. The lowest BCUT2D eigenvalue weighted by molar-refractivity contribution is 0.436. The highest BCUT2D eigenvalue weighted by molar-refractivity contribution is 5.79. The molecule has 0 saturated carbocycles. The number of piperidine rings is 1. The Labute approximate surface area is 167 Å². The zero-order valence-corrected chi connectivity index (χ0v) is 17.0. The molecule has 150 valence electrons. The second-order valence-corrected chi connectivity index (χ2v) is 7.56. The standard InChI is InChI=1S/C22H30FN5/c1-16-8-10-28(11-9-16)21-7-5-19(14-25-21)15-27-22(24-3)26-13-18-4-6-20(23)17(2)12-18/h4-7,12,14,16H,8-11,13,15H2,1-3H3,(H2,24,26,27).